The van der Waals surface area contributed by atoms with Crippen LogP contribution in [0, 0.1) is 0 Å². The molecule has 2 aromatic rings. The molecule has 0 spiro atoms. The standard InChI is InChI=1S/C18H19N3O3/c22-15-10-6-9-14(16(15)20-11-4-5-12-20)21-18(23)24-17(19-21)13-7-2-1-3-8-13/h1-3,7-8H,4-6,9-12H2. The summed E-state index contributed by atoms with van der Waals surface area (Å²) in [4.78, 5) is 26.9. The average Bonchev–Trinajstić information content (AvgIpc) is 3.25. The van der Waals surface area contributed by atoms with Crippen LogP contribution in [-0.4, -0.2) is 33.6 Å². The normalized spacial score (nSPS) is 18.5. The maximum Gasteiger partial charge on any atom is 0.441 e. The van der Waals surface area contributed by atoms with Crippen molar-refractivity contribution in [1.82, 2.24) is 14.7 Å². The smallest absolute Gasteiger partial charge is 0.387 e. The van der Waals surface area contributed by atoms with Gasteiger partial charge in [-0.15, -0.1) is 5.10 Å². The van der Waals surface area contributed by atoms with Crippen LogP contribution >= 0.6 is 0 Å². The highest BCUT2D eigenvalue weighted by Gasteiger charge is 2.30. The van der Waals surface area contributed by atoms with Gasteiger partial charge in [-0.25, -0.2) is 4.79 Å². The first-order valence-electron chi connectivity index (χ1n) is 8.41. The molecule has 2 aliphatic rings. The van der Waals surface area contributed by atoms with Crippen LogP contribution in [0.2, 0.25) is 0 Å². The van der Waals surface area contributed by atoms with E-state index >= 15 is 0 Å². The van der Waals surface area contributed by atoms with E-state index in [9.17, 15) is 9.59 Å². The third-order valence-corrected chi connectivity index (χ3v) is 4.60. The van der Waals surface area contributed by atoms with Crippen molar-refractivity contribution in [2.75, 3.05) is 13.1 Å². The molecule has 0 N–H and O–H groups in total. The summed E-state index contributed by atoms with van der Waals surface area (Å²) < 4.78 is 6.62. The molecule has 1 aliphatic carbocycles. The van der Waals surface area contributed by atoms with E-state index in [1.165, 1.54) is 4.68 Å². The second-order valence-corrected chi connectivity index (χ2v) is 6.22. The first-order chi connectivity index (χ1) is 11.7. The van der Waals surface area contributed by atoms with Gasteiger partial charge in [0.15, 0.2) is 5.78 Å². The fourth-order valence-electron chi connectivity index (χ4n) is 3.47. The number of aromatic nitrogens is 2. The number of hydrogen-bond acceptors (Lipinski definition) is 5. The molecule has 2 heterocycles. The number of hydrogen-bond donors (Lipinski definition) is 0. The van der Waals surface area contributed by atoms with Crippen LogP contribution in [0.4, 0.5) is 0 Å². The highest BCUT2D eigenvalue weighted by Crippen LogP contribution is 2.30. The van der Waals surface area contributed by atoms with Crippen molar-refractivity contribution >= 4 is 11.5 Å². The van der Waals surface area contributed by atoms with E-state index in [4.69, 9.17) is 4.42 Å². The van der Waals surface area contributed by atoms with E-state index in [1.807, 2.05) is 30.3 Å². The van der Waals surface area contributed by atoms with E-state index in [0.29, 0.717) is 24.2 Å². The Kier molecular flexibility index (Phi) is 3.80. The molecule has 4 rings (SSSR count). The van der Waals surface area contributed by atoms with Crippen LogP contribution in [0.15, 0.2) is 45.2 Å². The zero-order valence-corrected chi connectivity index (χ0v) is 13.4. The molecular weight excluding hydrogens is 306 g/mol. The first-order valence-corrected chi connectivity index (χ1v) is 8.41. The molecule has 0 saturated carbocycles. The van der Waals surface area contributed by atoms with Crippen LogP contribution in [-0.2, 0) is 4.79 Å². The summed E-state index contributed by atoms with van der Waals surface area (Å²) in [5, 5.41) is 4.36. The van der Waals surface area contributed by atoms with Gasteiger partial charge in [-0.3, -0.25) is 4.79 Å². The van der Waals surface area contributed by atoms with Crippen molar-refractivity contribution in [2.45, 2.75) is 32.1 Å². The molecule has 1 aromatic carbocycles. The Hall–Kier alpha value is -2.63. The van der Waals surface area contributed by atoms with Crippen molar-refractivity contribution in [3.63, 3.8) is 0 Å². The number of allylic oxidation sites excluding steroid dienone is 2. The maximum atomic E-state index is 12.5. The quantitative estimate of drug-likeness (QED) is 0.867. The Bertz CT molecular complexity index is 842. The van der Waals surface area contributed by atoms with Gasteiger partial charge >= 0.3 is 5.76 Å². The number of nitrogens with zero attached hydrogens (tertiary/aromatic N) is 3. The Morgan fingerprint density at radius 2 is 1.71 bits per heavy atom. The molecule has 24 heavy (non-hydrogen) atoms. The molecular formula is C18H19N3O3. The van der Waals surface area contributed by atoms with Gasteiger partial charge in [0, 0.05) is 25.1 Å². The van der Waals surface area contributed by atoms with Gasteiger partial charge in [0.2, 0.25) is 5.89 Å². The summed E-state index contributed by atoms with van der Waals surface area (Å²) in [6.45, 7) is 1.73. The second-order valence-electron chi connectivity index (χ2n) is 6.22. The second kappa shape index (κ2) is 6.11. The predicted molar refractivity (Wildman–Crippen MR) is 89.1 cm³/mol. The lowest BCUT2D eigenvalue weighted by Gasteiger charge is -2.26. The lowest BCUT2D eigenvalue weighted by atomic mass is 9.99. The minimum absolute atomic E-state index is 0.106. The Morgan fingerprint density at radius 1 is 0.958 bits per heavy atom. The van der Waals surface area contributed by atoms with Crippen molar-refractivity contribution in [3.05, 3.63) is 46.6 Å². The first kappa shape index (κ1) is 14.9. The lowest BCUT2D eigenvalue weighted by Crippen LogP contribution is -2.31. The molecule has 1 aliphatic heterocycles. The van der Waals surface area contributed by atoms with E-state index in [0.717, 1.165) is 37.9 Å². The zero-order valence-electron chi connectivity index (χ0n) is 13.4. The molecule has 1 fully saturated rings. The molecule has 6 heteroatoms. The largest absolute Gasteiger partial charge is 0.441 e. The number of carbonyl (C=O) groups is 1. The molecule has 6 nitrogen and oxygen atoms in total. The Labute approximate surface area is 139 Å². The van der Waals surface area contributed by atoms with Gasteiger partial charge in [-0.05, 0) is 37.8 Å². The molecule has 1 saturated heterocycles. The van der Waals surface area contributed by atoms with Crippen LogP contribution in [0.5, 0.6) is 0 Å². The summed E-state index contributed by atoms with van der Waals surface area (Å²) >= 11 is 0. The molecule has 0 radical (unpaired) electrons. The van der Waals surface area contributed by atoms with Gasteiger partial charge in [-0.1, -0.05) is 18.2 Å². The predicted octanol–water partition coefficient (Wildman–Crippen LogP) is 2.52. The number of rotatable bonds is 3. The minimum atomic E-state index is -0.532. The minimum Gasteiger partial charge on any atom is -0.387 e. The number of carbonyl (C=O) groups excluding carboxylic acids is 1. The van der Waals surface area contributed by atoms with E-state index in [1.54, 1.807) is 0 Å². The average molecular weight is 325 g/mol. The third-order valence-electron chi connectivity index (χ3n) is 4.60. The van der Waals surface area contributed by atoms with Crippen LogP contribution in [0.1, 0.15) is 32.1 Å². The van der Waals surface area contributed by atoms with Crippen molar-refractivity contribution in [3.8, 4) is 11.5 Å². The van der Waals surface area contributed by atoms with Crippen molar-refractivity contribution in [1.29, 1.82) is 0 Å². The Morgan fingerprint density at radius 3 is 2.46 bits per heavy atom. The van der Waals surface area contributed by atoms with E-state index in [2.05, 4.69) is 10.00 Å². The number of benzene rings is 1. The number of likely N-dealkylation sites (tertiary alicyclic amines) is 1. The van der Waals surface area contributed by atoms with Gasteiger partial charge in [0.05, 0.1) is 5.70 Å². The van der Waals surface area contributed by atoms with Crippen LogP contribution in [0.25, 0.3) is 17.2 Å². The summed E-state index contributed by atoms with van der Waals surface area (Å²) in [5.41, 5.74) is 2.09. The van der Waals surface area contributed by atoms with Gasteiger partial charge in [0.25, 0.3) is 0 Å². The van der Waals surface area contributed by atoms with Crippen LogP contribution < -0.4 is 5.76 Å². The van der Waals surface area contributed by atoms with Gasteiger partial charge < -0.3 is 9.32 Å². The summed E-state index contributed by atoms with van der Waals surface area (Å²) in [6, 6.07) is 9.32. The van der Waals surface area contributed by atoms with E-state index in [-0.39, 0.29) is 11.7 Å². The van der Waals surface area contributed by atoms with Gasteiger partial charge in [0.1, 0.15) is 5.70 Å². The summed E-state index contributed by atoms with van der Waals surface area (Å²) in [7, 11) is 0. The molecule has 1 aromatic heterocycles. The highest BCUT2D eigenvalue weighted by atomic mass is 16.4. The molecule has 0 amide bonds. The molecule has 0 bridgehead atoms. The molecule has 0 atom stereocenters. The van der Waals surface area contributed by atoms with Crippen molar-refractivity contribution < 1.29 is 9.21 Å². The Balaban J connectivity index is 1.81. The highest BCUT2D eigenvalue weighted by molar-refractivity contribution is 6.01. The SMILES string of the molecule is O=C1CCCC(n2nc(-c3ccccc3)oc2=O)=C1N1CCCC1. The fourth-order valence-corrected chi connectivity index (χ4v) is 3.47. The van der Waals surface area contributed by atoms with Gasteiger partial charge in [-0.2, -0.15) is 4.68 Å². The van der Waals surface area contributed by atoms with Crippen molar-refractivity contribution in [2.24, 2.45) is 0 Å². The van der Waals surface area contributed by atoms with E-state index < -0.39 is 5.76 Å². The lowest BCUT2D eigenvalue weighted by molar-refractivity contribution is -0.117. The topological polar surface area (TPSA) is 68.3 Å². The molecule has 0 unspecified atom stereocenters. The number of ketones is 1. The zero-order chi connectivity index (χ0) is 16.5. The number of Topliss-reactive ketones (excluding diaryl/α,β-unsaturated/α-hetero) is 1. The third kappa shape index (κ3) is 2.58. The monoisotopic (exact) mass is 325 g/mol. The van der Waals surface area contributed by atoms with Crippen LogP contribution in [0.3, 0.4) is 0 Å². The summed E-state index contributed by atoms with van der Waals surface area (Å²) in [6.07, 6.45) is 4.09. The molecule has 124 valence electrons. The maximum absolute atomic E-state index is 12.5. The summed E-state index contributed by atoms with van der Waals surface area (Å²) in [5.74, 6) is -0.142. The fraction of sp³-hybridized carbons (Fsp3) is 0.389.